The molecule has 0 spiro atoms. The van der Waals surface area contributed by atoms with Gasteiger partial charge >= 0.3 is 0 Å². The predicted molar refractivity (Wildman–Crippen MR) is 80.3 cm³/mol. The fourth-order valence-electron chi connectivity index (χ4n) is 2.24. The van der Waals surface area contributed by atoms with Gasteiger partial charge in [0.15, 0.2) is 5.58 Å². The van der Waals surface area contributed by atoms with E-state index in [0.29, 0.717) is 17.2 Å². The standard InChI is InChI=1S/C14H9BrN4O/c15-8-5-10(16)13-11(6-8)18-14(20-13)9-7-17-19-4-2-1-3-12(9)19/h1-7H,16H2. The summed E-state index contributed by atoms with van der Waals surface area (Å²) in [6.45, 7) is 0. The number of nitrogen functional groups attached to an aromatic ring is 1. The van der Waals surface area contributed by atoms with Crippen molar-refractivity contribution >= 4 is 38.2 Å². The molecule has 0 amide bonds. The van der Waals surface area contributed by atoms with Gasteiger partial charge in [-0.15, -0.1) is 0 Å². The van der Waals surface area contributed by atoms with Crippen molar-refractivity contribution < 1.29 is 4.42 Å². The molecule has 98 valence electrons. The summed E-state index contributed by atoms with van der Waals surface area (Å²) in [5.41, 5.74) is 9.62. The monoisotopic (exact) mass is 328 g/mol. The summed E-state index contributed by atoms with van der Waals surface area (Å²) in [4.78, 5) is 4.50. The molecule has 5 nitrogen and oxygen atoms in total. The lowest BCUT2D eigenvalue weighted by Crippen LogP contribution is -1.84. The Hall–Kier alpha value is -2.34. The van der Waals surface area contributed by atoms with E-state index in [0.717, 1.165) is 21.1 Å². The van der Waals surface area contributed by atoms with Crippen LogP contribution in [0.15, 0.2) is 51.6 Å². The van der Waals surface area contributed by atoms with Gasteiger partial charge in [-0.25, -0.2) is 9.50 Å². The van der Waals surface area contributed by atoms with Crippen molar-refractivity contribution in [3.63, 3.8) is 0 Å². The minimum Gasteiger partial charge on any atom is -0.434 e. The van der Waals surface area contributed by atoms with Gasteiger partial charge in [0, 0.05) is 10.7 Å². The van der Waals surface area contributed by atoms with E-state index in [4.69, 9.17) is 10.2 Å². The number of fused-ring (bicyclic) bond motifs is 2. The summed E-state index contributed by atoms with van der Waals surface area (Å²) in [5, 5.41) is 4.28. The highest BCUT2D eigenvalue weighted by atomic mass is 79.9. The van der Waals surface area contributed by atoms with Crippen LogP contribution in [0.2, 0.25) is 0 Å². The van der Waals surface area contributed by atoms with E-state index < -0.39 is 0 Å². The average Bonchev–Trinajstić information content (AvgIpc) is 3.01. The van der Waals surface area contributed by atoms with Crippen LogP contribution in [-0.2, 0) is 0 Å². The molecule has 4 aromatic rings. The number of hydrogen-bond acceptors (Lipinski definition) is 4. The number of halogens is 1. The number of nitrogens with two attached hydrogens (primary N) is 1. The van der Waals surface area contributed by atoms with E-state index in [9.17, 15) is 0 Å². The highest BCUT2D eigenvalue weighted by Gasteiger charge is 2.15. The molecule has 0 aliphatic rings. The van der Waals surface area contributed by atoms with Gasteiger partial charge in [0.25, 0.3) is 0 Å². The number of hydrogen-bond donors (Lipinski definition) is 1. The summed E-state index contributed by atoms with van der Waals surface area (Å²) >= 11 is 3.40. The van der Waals surface area contributed by atoms with Crippen molar-refractivity contribution in [1.82, 2.24) is 14.6 Å². The molecule has 3 aromatic heterocycles. The fourth-order valence-corrected chi connectivity index (χ4v) is 2.70. The molecule has 3 heterocycles. The number of anilines is 1. The Bertz CT molecular complexity index is 941. The van der Waals surface area contributed by atoms with Gasteiger partial charge in [-0.3, -0.25) is 0 Å². The molecule has 0 saturated heterocycles. The van der Waals surface area contributed by atoms with E-state index in [2.05, 4.69) is 26.0 Å². The van der Waals surface area contributed by atoms with E-state index >= 15 is 0 Å². The second-order valence-electron chi connectivity index (χ2n) is 4.45. The molecule has 0 atom stereocenters. The van der Waals surface area contributed by atoms with Crippen LogP contribution >= 0.6 is 15.9 Å². The third kappa shape index (κ3) is 1.61. The lowest BCUT2D eigenvalue weighted by atomic mass is 10.2. The van der Waals surface area contributed by atoms with Crippen molar-refractivity contribution in [2.75, 3.05) is 5.73 Å². The minimum atomic E-state index is 0.519. The zero-order chi connectivity index (χ0) is 13.7. The van der Waals surface area contributed by atoms with Crippen molar-refractivity contribution in [3.05, 3.63) is 47.2 Å². The van der Waals surface area contributed by atoms with Gasteiger partial charge in [-0.2, -0.15) is 5.10 Å². The largest absolute Gasteiger partial charge is 0.434 e. The average molecular weight is 329 g/mol. The molecular weight excluding hydrogens is 320 g/mol. The summed E-state index contributed by atoms with van der Waals surface area (Å²) in [6.07, 6.45) is 3.62. The molecule has 0 fully saturated rings. The zero-order valence-corrected chi connectivity index (χ0v) is 11.8. The summed E-state index contributed by atoms with van der Waals surface area (Å²) in [5.74, 6) is 0.519. The third-order valence-electron chi connectivity index (χ3n) is 3.14. The number of nitrogens with zero attached hydrogens (tertiary/aromatic N) is 3. The smallest absolute Gasteiger partial charge is 0.231 e. The van der Waals surface area contributed by atoms with Gasteiger partial charge in [-0.05, 0) is 24.3 Å². The van der Waals surface area contributed by atoms with Crippen molar-refractivity contribution in [2.24, 2.45) is 0 Å². The first-order chi connectivity index (χ1) is 9.72. The van der Waals surface area contributed by atoms with E-state index in [1.165, 1.54) is 0 Å². The normalized spacial score (nSPS) is 11.4. The maximum absolute atomic E-state index is 5.95. The van der Waals surface area contributed by atoms with E-state index in [1.807, 2.05) is 30.5 Å². The van der Waals surface area contributed by atoms with Crippen molar-refractivity contribution in [1.29, 1.82) is 0 Å². The van der Waals surface area contributed by atoms with E-state index in [-0.39, 0.29) is 0 Å². The fraction of sp³-hybridized carbons (Fsp3) is 0. The lowest BCUT2D eigenvalue weighted by Gasteiger charge is -1.94. The summed E-state index contributed by atoms with van der Waals surface area (Å²) in [7, 11) is 0. The number of benzene rings is 1. The third-order valence-corrected chi connectivity index (χ3v) is 3.60. The van der Waals surface area contributed by atoms with Crippen LogP contribution in [0.5, 0.6) is 0 Å². The Balaban J connectivity index is 2.01. The molecule has 0 aliphatic carbocycles. The van der Waals surface area contributed by atoms with Crippen molar-refractivity contribution in [2.45, 2.75) is 0 Å². The van der Waals surface area contributed by atoms with E-state index in [1.54, 1.807) is 16.8 Å². The molecule has 0 bridgehead atoms. The van der Waals surface area contributed by atoms with Crippen LogP contribution in [0, 0.1) is 0 Å². The van der Waals surface area contributed by atoms with Crippen LogP contribution < -0.4 is 5.73 Å². The molecule has 0 saturated carbocycles. The van der Waals surface area contributed by atoms with Gasteiger partial charge in [-0.1, -0.05) is 22.0 Å². The van der Waals surface area contributed by atoms with Gasteiger partial charge in [0.1, 0.15) is 5.52 Å². The second-order valence-corrected chi connectivity index (χ2v) is 5.37. The molecular formula is C14H9BrN4O. The van der Waals surface area contributed by atoms with Crippen molar-refractivity contribution in [3.8, 4) is 11.5 Å². The Morgan fingerprint density at radius 3 is 3.05 bits per heavy atom. The first kappa shape index (κ1) is 11.5. The number of rotatable bonds is 1. The van der Waals surface area contributed by atoms with Crippen LogP contribution in [0.3, 0.4) is 0 Å². The lowest BCUT2D eigenvalue weighted by molar-refractivity contribution is 0.622. The minimum absolute atomic E-state index is 0.519. The van der Waals surface area contributed by atoms with Crippen LogP contribution in [0.4, 0.5) is 5.69 Å². The van der Waals surface area contributed by atoms with Gasteiger partial charge < -0.3 is 10.2 Å². The Labute approximate surface area is 122 Å². The summed E-state index contributed by atoms with van der Waals surface area (Å²) < 4.78 is 8.45. The first-order valence-electron chi connectivity index (χ1n) is 6.01. The van der Waals surface area contributed by atoms with Gasteiger partial charge in [0.05, 0.1) is 23.0 Å². The van der Waals surface area contributed by atoms with Gasteiger partial charge in [0.2, 0.25) is 5.89 Å². The Kier molecular flexibility index (Phi) is 2.34. The highest BCUT2D eigenvalue weighted by Crippen LogP contribution is 2.32. The van der Waals surface area contributed by atoms with Crippen LogP contribution in [0.1, 0.15) is 0 Å². The van der Waals surface area contributed by atoms with Crippen LogP contribution in [-0.4, -0.2) is 14.6 Å². The molecule has 0 unspecified atom stereocenters. The number of oxazole rings is 1. The highest BCUT2D eigenvalue weighted by molar-refractivity contribution is 9.10. The Morgan fingerprint density at radius 2 is 2.15 bits per heavy atom. The molecule has 20 heavy (non-hydrogen) atoms. The zero-order valence-electron chi connectivity index (χ0n) is 10.2. The molecule has 0 radical (unpaired) electrons. The maximum Gasteiger partial charge on any atom is 0.231 e. The maximum atomic E-state index is 5.95. The molecule has 0 aliphatic heterocycles. The molecule has 1 aromatic carbocycles. The predicted octanol–water partition coefficient (Wildman–Crippen LogP) is 3.49. The van der Waals surface area contributed by atoms with Crippen LogP contribution in [0.25, 0.3) is 28.1 Å². The Morgan fingerprint density at radius 1 is 1.25 bits per heavy atom. The summed E-state index contributed by atoms with van der Waals surface area (Å²) in [6, 6.07) is 9.52. The number of pyridine rings is 1. The first-order valence-corrected chi connectivity index (χ1v) is 6.80. The quantitative estimate of drug-likeness (QED) is 0.543. The number of aromatic nitrogens is 3. The SMILES string of the molecule is Nc1cc(Br)cc2nc(-c3cnn4ccccc34)oc12. The molecule has 6 heteroatoms. The second kappa shape index (κ2) is 4.08. The molecule has 2 N–H and O–H groups in total. The molecule has 4 rings (SSSR count). The topological polar surface area (TPSA) is 69.3 Å².